The topological polar surface area (TPSA) is 60.4 Å². The summed E-state index contributed by atoms with van der Waals surface area (Å²) in [4.78, 5) is 34.6. The molecule has 1 atom stereocenters. The molecule has 1 fully saturated rings. The van der Waals surface area contributed by atoms with Crippen LogP contribution < -0.4 is 0 Å². The van der Waals surface area contributed by atoms with E-state index in [1.807, 2.05) is 30.3 Å². The fourth-order valence-corrected chi connectivity index (χ4v) is 1.88. The second-order valence-electron chi connectivity index (χ2n) is 4.15. The lowest BCUT2D eigenvalue weighted by molar-refractivity contribution is -0.143. The zero-order chi connectivity index (χ0) is 13.3. The summed E-state index contributed by atoms with van der Waals surface area (Å²) in [6, 6.07) is 9.11. The number of hydrogen-bond donors (Lipinski definition) is 0. The highest BCUT2D eigenvalue weighted by Crippen LogP contribution is 2.28. The van der Waals surface area contributed by atoms with Crippen LogP contribution >= 0.6 is 0 Å². The largest absolute Gasteiger partial charge is 0.421 e. The van der Waals surface area contributed by atoms with E-state index in [1.54, 1.807) is 6.92 Å². The summed E-state index contributed by atoms with van der Waals surface area (Å²) in [5.74, 6) is -3.13. The Morgan fingerprint density at radius 2 is 1.72 bits per heavy atom. The Balaban J connectivity index is 2.44. The molecule has 4 nitrogen and oxygen atoms in total. The van der Waals surface area contributed by atoms with Gasteiger partial charge in [-0.3, -0.25) is 14.4 Å². The van der Waals surface area contributed by atoms with Gasteiger partial charge in [-0.25, -0.2) is 0 Å². The lowest BCUT2D eigenvalue weighted by Crippen LogP contribution is -2.22. The predicted molar refractivity (Wildman–Crippen MR) is 64.3 cm³/mol. The van der Waals surface area contributed by atoms with Gasteiger partial charge in [-0.1, -0.05) is 30.3 Å². The molecule has 18 heavy (non-hydrogen) atoms. The maximum Gasteiger partial charge on any atom is 0.330 e. The number of benzene rings is 1. The van der Waals surface area contributed by atoms with Gasteiger partial charge in [0.15, 0.2) is 17.5 Å². The van der Waals surface area contributed by atoms with Gasteiger partial charge in [0.2, 0.25) is 5.78 Å². The molecular weight excluding hydrogens is 232 g/mol. The molecule has 0 amide bonds. The van der Waals surface area contributed by atoms with Crippen LogP contribution in [0.2, 0.25) is 0 Å². The molecule has 1 saturated heterocycles. The molecule has 0 N–H and O–H groups in total. The Labute approximate surface area is 104 Å². The van der Waals surface area contributed by atoms with E-state index in [1.165, 1.54) is 6.92 Å². The highest BCUT2D eigenvalue weighted by Gasteiger charge is 2.44. The minimum Gasteiger partial charge on any atom is -0.421 e. The molecule has 1 unspecified atom stereocenters. The van der Waals surface area contributed by atoms with Crippen LogP contribution in [0.1, 0.15) is 19.4 Å². The molecule has 2 rings (SSSR count). The van der Waals surface area contributed by atoms with E-state index in [0.717, 1.165) is 5.56 Å². The normalized spacial score (nSPS) is 21.8. The van der Waals surface area contributed by atoms with Crippen molar-refractivity contribution in [3.05, 3.63) is 41.7 Å². The lowest BCUT2D eigenvalue weighted by atomic mass is 9.98. The van der Waals surface area contributed by atoms with Crippen molar-refractivity contribution in [2.75, 3.05) is 0 Å². The third-order valence-corrected chi connectivity index (χ3v) is 2.88. The van der Waals surface area contributed by atoms with Gasteiger partial charge in [-0.15, -0.1) is 0 Å². The van der Waals surface area contributed by atoms with Gasteiger partial charge >= 0.3 is 5.97 Å². The van der Waals surface area contributed by atoms with Gasteiger partial charge < -0.3 is 4.74 Å². The number of carbonyl (C=O) groups excluding carboxylic acids is 3. The molecule has 0 aromatic heterocycles. The monoisotopic (exact) mass is 244 g/mol. The second kappa shape index (κ2) is 4.56. The highest BCUT2D eigenvalue weighted by atomic mass is 16.6. The minimum absolute atomic E-state index is 0.0219. The zero-order valence-corrected chi connectivity index (χ0v) is 10.1. The molecule has 1 aromatic carbocycles. The average molecular weight is 244 g/mol. The van der Waals surface area contributed by atoms with Crippen LogP contribution in [0.15, 0.2) is 36.1 Å². The Bertz CT molecular complexity index is 554. The SMILES string of the molecule is CC(=O)C1C(=O)OC(=C(C)c2ccccc2)C1=O. The van der Waals surface area contributed by atoms with Crippen LogP contribution in [-0.4, -0.2) is 17.5 Å². The first kappa shape index (κ1) is 12.2. The van der Waals surface area contributed by atoms with E-state index in [9.17, 15) is 14.4 Å². The Morgan fingerprint density at radius 3 is 2.22 bits per heavy atom. The Hall–Kier alpha value is -2.23. The summed E-state index contributed by atoms with van der Waals surface area (Å²) in [5.41, 5.74) is 1.36. The number of rotatable bonds is 2. The average Bonchev–Trinajstić information content (AvgIpc) is 2.65. The Morgan fingerprint density at radius 1 is 1.11 bits per heavy atom. The van der Waals surface area contributed by atoms with Crippen LogP contribution in [0.3, 0.4) is 0 Å². The van der Waals surface area contributed by atoms with Crippen molar-refractivity contribution in [2.24, 2.45) is 5.92 Å². The van der Waals surface area contributed by atoms with Crippen molar-refractivity contribution in [3.63, 3.8) is 0 Å². The van der Waals surface area contributed by atoms with Gasteiger partial charge in [-0.05, 0) is 19.4 Å². The second-order valence-corrected chi connectivity index (χ2v) is 4.15. The number of ketones is 2. The van der Waals surface area contributed by atoms with Crippen molar-refractivity contribution in [1.82, 2.24) is 0 Å². The van der Waals surface area contributed by atoms with Gasteiger partial charge in [0, 0.05) is 5.57 Å². The first-order valence-electron chi connectivity index (χ1n) is 5.55. The van der Waals surface area contributed by atoms with Crippen LogP contribution in [0, 0.1) is 5.92 Å². The van der Waals surface area contributed by atoms with E-state index >= 15 is 0 Å². The van der Waals surface area contributed by atoms with E-state index in [2.05, 4.69) is 0 Å². The van der Waals surface area contributed by atoms with Crippen molar-refractivity contribution < 1.29 is 19.1 Å². The number of ether oxygens (including phenoxy) is 1. The van der Waals surface area contributed by atoms with E-state index in [0.29, 0.717) is 5.57 Å². The number of hydrogen-bond acceptors (Lipinski definition) is 4. The summed E-state index contributed by atoms with van der Waals surface area (Å²) >= 11 is 0. The standard InChI is InChI=1S/C14H12O4/c1-8(10-6-4-3-5-7-10)13-12(16)11(9(2)15)14(17)18-13/h3-7,11H,1-2H3. The number of esters is 1. The van der Waals surface area contributed by atoms with Gasteiger partial charge in [0.05, 0.1) is 0 Å². The van der Waals surface area contributed by atoms with Crippen LogP contribution in [0.4, 0.5) is 0 Å². The first-order chi connectivity index (χ1) is 8.52. The number of carbonyl (C=O) groups is 3. The molecule has 92 valence electrons. The third kappa shape index (κ3) is 1.97. The maximum atomic E-state index is 11.9. The molecule has 0 saturated carbocycles. The van der Waals surface area contributed by atoms with Crippen molar-refractivity contribution in [1.29, 1.82) is 0 Å². The minimum atomic E-state index is -1.29. The van der Waals surface area contributed by atoms with Crippen LogP contribution in [0.5, 0.6) is 0 Å². The van der Waals surface area contributed by atoms with Crippen LogP contribution in [0.25, 0.3) is 5.57 Å². The van der Waals surface area contributed by atoms with Crippen molar-refractivity contribution in [3.8, 4) is 0 Å². The summed E-state index contributed by atoms with van der Waals surface area (Å²) in [7, 11) is 0. The molecule has 1 aromatic rings. The van der Waals surface area contributed by atoms with Crippen LogP contribution in [-0.2, 0) is 19.1 Å². The van der Waals surface area contributed by atoms with Crippen molar-refractivity contribution in [2.45, 2.75) is 13.8 Å². The maximum absolute atomic E-state index is 11.9. The fraction of sp³-hybridized carbons (Fsp3) is 0.214. The summed E-state index contributed by atoms with van der Waals surface area (Å²) in [6.45, 7) is 2.91. The Kier molecular flexibility index (Phi) is 3.10. The molecule has 1 aliphatic heterocycles. The lowest BCUT2D eigenvalue weighted by Gasteiger charge is -2.03. The number of allylic oxidation sites excluding steroid dienone is 2. The van der Waals surface area contributed by atoms with E-state index < -0.39 is 23.5 Å². The summed E-state index contributed by atoms with van der Waals surface area (Å²) in [5, 5.41) is 0. The molecular formula is C14H12O4. The smallest absolute Gasteiger partial charge is 0.330 e. The van der Waals surface area contributed by atoms with Gasteiger partial charge in [-0.2, -0.15) is 0 Å². The van der Waals surface area contributed by atoms with E-state index in [-0.39, 0.29) is 5.76 Å². The molecule has 0 aliphatic carbocycles. The number of Topliss-reactive ketones (excluding diaryl/α,β-unsaturated/α-hetero) is 2. The number of cyclic esters (lactones) is 1. The predicted octanol–water partition coefficient (Wildman–Crippen LogP) is 1.75. The summed E-state index contributed by atoms with van der Waals surface area (Å²) in [6.07, 6.45) is 0. The van der Waals surface area contributed by atoms with Crippen molar-refractivity contribution >= 4 is 23.1 Å². The molecule has 0 radical (unpaired) electrons. The third-order valence-electron chi connectivity index (χ3n) is 2.88. The fourth-order valence-electron chi connectivity index (χ4n) is 1.88. The van der Waals surface area contributed by atoms with Gasteiger partial charge in [0.25, 0.3) is 0 Å². The summed E-state index contributed by atoms with van der Waals surface area (Å²) < 4.78 is 4.93. The molecule has 4 heteroatoms. The zero-order valence-electron chi connectivity index (χ0n) is 10.1. The highest BCUT2D eigenvalue weighted by molar-refractivity contribution is 6.27. The molecule has 0 bridgehead atoms. The quantitative estimate of drug-likeness (QED) is 0.451. The first-order valence-corrected chi connectivity index (χ1v) is 5.55. The van der Waals surface area contributed by atoms with Gasteiger partial charge in [0.1, 0.15) is 0 Å². The molecule has 1 heterocycles. The van der Waals surface area contributed by atoms with E-state index in [4.69, 9.17) is 4.74 Å². The molecule has 1 aliphatic rings. The molecule has 0 spiro atoms.